The largest absolute Gasteiger partial charge is 0.497 e. The van der Waals surface area contributed by atoms with Crippen LogP contribution < -0.4 is 15.0 Å². The molecule has 0 bridgehead atoms. The first-order valence-electron chi connectivity index (χ1n) is 8.29. The van der Waals surface area contributed by atoms with E-state index in [1.54, 1.807) is 25.3 Å². The van der Waals surface area contributed by atoms with Crippen LogP contribution in [0.3, 0.4) is 0 Å². The van der Waals surface area contributed by atoms with E-state index in [9.17, 15) is 14.0 Å². The molecule has 1 heterocycles. The van der Waals surface area contributed by atoms with Crippen molar-refractivity contribution in [3.8, 4) is 5.75 Å². The first-order chi connectivity index (χ1) is 12.6. The van der Waals surface area contributed by atoms with Gasteiger partial charge in [0.2, 0.25) is 5.91 Å². The predicted octanol–water partition coefficient (Wildman–Crippen LogP) is 2.39. The Labute approximate surface area is 151 Å². The van der Waals surface area contributed by atoms with Gasteiger partial charge in [0.05, 0.1) is 12.8 Å². The molecule has 1 aliphatic rings. The molecule has 1 fully saturated rings. The SMILES string of the molecule is COc1ccc(CNC(=O)CN2CCN(c3ccccc3F)C2=O)cc1. The van der Waals surface area contributed by atoms with E-state index in [1.165, 1.54) is 15.9 Å². The van der Waals surface area contributed by atoms with Gasteiger partial charge >= 0.3 is 6.03 Å². The average Bonchev–Trinajstić information content (AvgIpc) is 3.01. The van der Waals surface area contributed by atoms with Gasteiger partial charge in [-0.15, -0.1) is 0 Å². The van der Waals surface area contributed by atoms with Crippen molar-refractivity contribution in [3.05, 3.63) is 59.9 Å². The monoisotopic (exact) mass is 357 g/mol. The summed E-state index contributed by atoms with van der Waals surface area (Å²) in [6.07, 6.45) is 0. The first-order valence-corrected chi connectivity index (χ1v) is 8.29. The minimum absolute atomic E-state index is 0.0556. The molecule has 2 aromatic rings. The smallest absolute Gasteiger partial charge is 0.325 e. The molecule has 3 amide bonds. The molecule has 1 aliphatic heterocycles. The molecular formula is C19H20FN3O3. The van der Waals surface area contributed by atoms with Gasteiger partial charge in [0.25, 0.3) is 0 Å². The van der Waals surface area contributed by atoms with Gasteiger partial charge in [0.1, 0.15) is 18.1 Å². The summed E-state index contributed by atoms with van der Waals surface area (Å²) in [5.74, 6) is 0.0344. The minimum atomic E-state index is -0.452. The molecule has 0 atom stereocenters. The van der Waals surface area contributed by atoms with Crippen molar-refractivity contribution < 1.29 is 18.7 Å². The molecule has 0 radical (unpaired) electrons. The van der Waals surface area contributed by atoms with E-state index in [2.05, 4.69) is 5.32 Å². The Morgan fingerprint density at radius 2 is 1.88 bits per heavy atom. The molecule has 6 nitrogen and oxygen atoms in total. The van der Waals surface area contributed by atoms with Crippen LogP contribution in [0.25, 0.3) is 0 Å². The van der Waals surface area contributed by atoms with E-state index in [-0.39, 0.29) is 24.2 Å². The van der Waals surface area contributed by atoms with Crippen LogP contribution in [0.15, 0.2) is 48.5 Å². The average molecular weight is 357 g/mol. The van der Waals surface area contributed by atoms with Gasteiger partial charge in [-0.2, -0.15) is 0 Å². The normalized spacial score (nSPS) is 13.8. The molecule has 0 unspecified atom stereocenters. The number of halogens is 1. The van der Waals surface area contributed by atoms with Gasteiger partial charge in [-0.05, 0) is 29.8 Å². The lowest BCUT2D eigenvalue weighted by Crippen LogP contribution is -2.39. The van der Waals surface area contributed by atoms with Crippen molar-refractivity contribution in [2.24, 2.45) is 0 Å². The quantitative estimate of drug-likeness (QED) is 0.864. The van der Waals surface area contributed by atoms with Gasteiger partial charge in [0, 0.05) is 19.6 Å². The summed E-state index contributed by atoms with van der Waals surface area (Å²) < 4.78 is 19.0. The number of methoxy groups -OCH3 is 1. The second-order valence-electron chi connectivity index (χ2n) is 5.93. The number of nitrogens with one attached hydrogen (secondary N) is 1. The standard InChI is InChI=1S/C19H20FN3O3/c1-26-15-8-6-14(7-9-15)12-21-18(24)13-22-10-11-23(19(22)25)17-5-3-2-4-16(17)20/h2-9H,10-13H2,1H3,(H,21,24). The lowest BCUT2D eigenvalue weighted by molar-refractivity contribution is -0.121. The van der Waals surface area contributed by atoms with Crippen LogP contribution in [0.2, 0.25) is 0 Å². The number of hydrogen-bond donors (Lipinski definition) is 1. The van der Waals surface area contributed by atoms with Gasteiger partial charge in [0.15, 0.2) is 0 Å². The van der Waals surface area contributed by atoms with Crippen molar-refractivity contribution in [1.29, 1.82) is 0 Å². The number of amides is 3. The fourth-order valence-electron chi connectivity index (χ4n) is 2.80. The lowest BCUT2D eigenvalue weighted by Gasteiger charge is -2.18. The Balaban J connectivity index is 1.53. The van der Waals surface area contributed by atoms with Crippen LogP contribution in [-0.2, 0) is 11.3 Å². The molecular weight excluding hydrogens is 337 g/mol. The van der Waals surface area contributed by atoms with Gasteiger partial charge in [-0.3, -0.25) is 9.69 Å². The summed E-state index contributed by atoms with van der Waals surface area (Å²) in [6.45, 7) is 1.04. The van der Waals surface area contributed by atoms with Crippen LogP contribution >= 0.6 is 0 Å². The third-order valence-electron chi connectivity index (χ3n) is 4.22. The highest BCUT2D eigenvalue weighted by molar-refractivity contribution is 5.96. The molecule has 1 N–H and O–H groups in total. The van der Waals surface area contributed by atoms with Crippen LogP contribution in [0.1, 0.15) is 5.56 Å². The zero-order valence-electron chi connectivity index (χ0n) is 14.4. The molecule has 136 valence electrons. The van der Waals surface area contributed by atoms with Crippen LogP contribution in [0.4, 0.5) is 14.9 Å². The van der Waals surface area contributed by atoms with E-state index >= 15 is 0 Å². The summed E-state index contributed by atoms with van der Waals surface area (Å²) >= 11 is 0. The number of benzene rings is 2. The Morgan fingerprint density at radius 1 is 1.15 bits per heavy atom. The zero-order chi connectivity index (χ0) is 18.5. The van der Waals surface area contributed by atoms with E-state index in [0.717, 1.165) is 11.3 Å². The topological polar surface area (TPSA) is 61.9 Å². The van der Waals surface area contributed by atoms with Crippen LogP contribution in [-0.4, -0.2) is 43.6 Å². The fraction of sp³-hybridized carbons (Fsp3) is 0.263. The van der Waals surface area contributed by atoms with Crippen molar-refractivity contribution in [3.63, 3.8) is 0 Å². The number of carbonyl (C=O) groups excluding carboxylic acids is 2. The Morgan fingerprint density at radius 3 is 2.58 bits per heavy atom. The fourth-order valence-corrected chi connectivity index (χ4v) is 2.80. The molecule has 7 heteroatoms. The highest BCUT2D eigenvalue weighted by atomic mass is 19.1. The van der Waals surface area contributed by atoms with Crippen molar-refractivity contribution in [2.45, 2.75) is 6.54 Å². The maximum Gasteiger partial charge on any atom is 0.325 e. The second-order valence-corrected chi connectivity index (χ2v) is 5.93. The number of carbonyl (C=O) groups is 2. The van der Waals surface area contributed by atoms with Crippen molar-refractivity contribution in [2.75, 3.05) is 31.6 Å². The highest BCUT2D eigenvalue weighted by Crippen LogP contribution is 2.23. The molecule has 2 aromatic carbocycles. The number of hydrogen-bond acceptors (Lipinski definition) is 3. The third-order valence-corrected chi connectivity index (χ3v) is 4.22. The van der Waals surface area contributed by atoms with Crippen molar-refractivity contribution >= 4 is 17.6 Å². The summed E-state index contributed by atoms with van der Waals surface area (Å²) in [4.78, 5) is 27.3. The summed E-state index contributed by atoms with van der Waals surface area (Å²) in [7, 11) is 1.59. The number of rotatable bonds is 6. The molecule has 0 aromatic heterocycles. The van der Waals surface area contributed by atoms with Crippen LogP contribution in [0, 0.1) is 5.82 Å². The maximum absolute atomic E-state index is 13.9. The van der Waals surface area contributed by atoms with E-state index in [0.29, 0.717) is 19.6 Å². The molecule has 0 spiro atoms. The van der Waals surface area contributed by atoms with E-state index in [1.807, 2.05) is 24.3 Å². The van der Waals surface area contributed by atoms with E-state index < -0.39 is 5.82 Å². The molecule has 26 heavy (non-hydrogen) atoms. The zero-order valence-corrected chi connectivity index (χ0v) is 14.4. The number of anilines is 1. The number of ether oxygens (including phenoxy) is 1. The Bertz CT molecular complexity index is 795. The second kappa shape index (κ2) is 7.86. The highest BCUT2D eigenvalue weighted by Gasteiger charge is 2.32. The minimum Gasteiger partial charge on any atom is -0.497 e. The number of nitrogens with zero attached hydrogens (tertiary/aromatic N) is 2. The molecule has 0 saturated carbocycles. The molecule has 3 rings (SSSR count). The van der Waals surface area contributed by atoms with Gasteiger partial charge in [-0.25, -0.2) is 9.18 Å². The van der Waals surface area contributed by atoms with Gasteiger partial charge < -0.3 is 15.0 Å². The van der Waals surface area contributed by atoms with E-state index in [4.69, 9.17) is 4.74 Å². The Kier molecular flexibility index (Phi) is 5.36. The third kappa shape index (κ3) is 3.93. The number of urea groups is 1. The predicted molar refractivity (Wildman–Crippen MR) is 95.6 cm³/mol. The molecule has 1 saturated heterocycles. The van der Waals surface area contributed by atoms with Crippen molar-refractivity contribution in [1.82, 2.24) is 10.2 Å². The van der Waals surface area contributed by atoms with Crippen LogP contribution in [0.5, 0.6) is 5.75 Å². The summed E-state index contributed by atoms with van der Waals surface area (Å²) in [5.41, 5.74) is 1.17. The maximum atomic E-state index is 13.9. The molecule has 0 aliphatic carbocycles. The summed E-state index contributed by atoms with van der Waals surface area (Å²) in [6, 6.07) is 13.1. The summed E-state index contributed by atoms with van der Waals surface area (Å²) in [5, 5.41) is 2.78. The Hall–Kier alpha value is -3.09. The van der Waals surface area contributed by atoms with Gasteiger partial charge in [-0.1, -0.05) is 24.3 Å². The lowest BCUT2D eigenvalue weighted by atomic mass is 10.2. The first kappa shape index (κ1) is 17.7. The number of para-hydroxylation sites is 1.